The minimum Gasteiger partial charge on any atom is -0.376 e. The molecule has 0 radical (unpaired) electrons. The number of aromatic nitrogens is 1. The van der Waals surface area contributed by atoms with Gasteiger partial charge in [0, 0.05) is 38.5 Å². The molecule has 2 aromatic carbocycles. The van der Waals surface area contributed by atoms with Crippen LogP contribution in [0.4, 0.5) is 11.5 Å². The van der Waals surface area contributed by atoms with Crippen LogP contribution >= 0.6 is 0 Å². The summed E-state index contributed by atoms with van der Waals surface area (Å²) in [4.78, 5) is 9.14. The number of pyridine rings is 1. The molecule has 1 heterocycles. The number of benzene rings is 2. The minimum atomic E-state index is 0.848. The highest BCUT2D eigenvalue weighted by atomic mass is 15.2. The summed E-state index contributed by atoms with van der Waals surface area (Å²) in [6.07, 6.45) is 3.01. The second-order valence-corrected chi connectivity index (χ2v) is 6.44. The van der Waals surface area contributed by atoms with E-state index in [1.165, 1.54) is 21.9 Å². The molecular formula is C21H25N3. The molecule has 0 aliphatic rings. The zero-order valence-electron chi connectivity index (χ0n) is 15.0. The van der Waals surface area contributed by atoms with Gasteiger partial charge in [0.05, 0.1) is 11.9 Å². The Hall–Kier alpha value is -2.55. The van der Waals surface area contributed by atoms with Crippen LogP contribution in [0.2, 0.25) is 0 Å². The third-order valence-electron chi connectivity index (χ3n) is 4.42. The second kappa shape index (κ2) is 6.91. The van der Waals surface area contributed by atoms with Crippen molar-refractivity contribution in [1.29, 1.82) is 0 Å². The maximum atomic E-state index is 4.78. The lowest BCUT2D eigenvalue weighted by Crippen LogP contribution is -2.19. The van der Waals surface area contributed by atoms with E-state index in [1.807, 2.05) is 6.20 Å². The lowest BCUT2D eigenvalue weighted by atomic mass is 10.0. The Labute approximate surface area is 144 Å². The van der Waals surface area contributed by atoms with Gasteiger partial charge in [0.2, 0.25) is 0 Å². The van der Waals surface area contributed by atoms with Crippen LogP contribution in [0.5, 0.6) is 0 Å². The highest BCUT2D eigenvalue weighted by molar-refractivity contribution is 6.00. The molecular weight excluding hydrogens is 294 g/mol. The third-order valence-corrected chi connectivity index (χ3v) is 4.42. The molecule has 0 aliphatic heterocycles. The smallest absolute Gasteiger partial charge is 0.136 e. The van der Waals surface area contributed by atoms with Crippen LogP contribution in [-0.4, -0.2) is 26.1 Å². The van der Waals surface area contributed by atoms with E-state index < -0.39 is 0 Å². The first-order valence-electron chi connectivity index (χ1n) is 8.44. The zero-order chi connectivity index (χ0) is 17.1. The molecule has 0 unspecified atom stereocenters. The van der Waals surface area contributed by atoms with Crippen molar-refractivity contribution in [1.82, 2.24) is 4.98 Å². The van der Waals surface area contributed by atoms with Gasteiger partial charge in [-0.3, -0.25) is 0 Å². The summed E-state index contributed by atoms with van der Waals surface area (Å²) in [5, 5.41) is 2.47. The van der Waals surface area contributed by atoms with Crippen LogP contribution in [0, 0.1) is 0 Å². The van der Waals surface area contributed by atoms with Gasteiger partial charge in [-0.25, -0.2) is 4.98 Å². The van der Waals surface area contributed by atoms with Crippen LogP contribution in [0.1, 0.15) is 18.1 Å². The Kier molecular flexibility index (Phi) is 4.70. The fraction of sp³-hybridized carbons (Fsp3) is 0.286. The number of fused-ring (bicyclic) bond motifs is 1. The summed E-state index contributed by atoms with van der Waals surface area (Å²) in [5.41, 5.74) is 3.79. The van der Waals surface area contributed by atoms with Crippen molar-refractivity contribution in [2.45, 2.75) is 19.9 Å². The maximum absolute atomic E-state index is 4.78. The van der Waals surface area contributed by atoms with E-state index in [4.69, 9.17) is 4.98 Å². The molecule has 0 fully saturated rings. The number of hydrogen-bond donors (Lipinski definition) is 0. The lowest BCUT2D eigenvalue weighted by Gasteiger charge is -2.23. The number of rotatable bonds is 5. The summed E-state index contributed by atoms with van der Waals surface area (Å²) in [6.45, 7) is 3.04. The van der Waals surface area contributed by atoms with E-state index >= 15 is 0 Å². The van der Waals surface area contributed by atoms with E-state index in [1.54, 1.807) is 0 Å². The first-order chi connectivity index (χ1) is 11.6. The molecule has 3 heteroatoms. The Bertz CT molecular complexity index is 825. The molecule has 0 bridgehead atoms. The van der Waals surface area contributed by atoms with Crippen LogP contribution < -0.4 is 9.80 Å². The first kappa shape index (κ1) is 16.3. The summed E-state index contributed by atoms with van der Waals surface area (Å²) >= 11 is 0. The summed E-state index contributed by atoms with van der Waals surface area (Å²) in [7, 11) is 6.25. The molecule has 1 aromatic heterocycles. The summed E-state index contributed by atoms with van der Waals surface area (Å²) in [5.74, 6) is 1.04. The van der Waals surface area contributed by atoms with Crippen molar-refractivity contribution in [2.24, 2.45) is 0 Å². The molecule has 0 aliphatic carbocycles. The Morgan fingerprint density at radius 3 is 2.29 bits per heavy atom. The molecule has 0 amide bonds. The summed E-state index contributed by atoms with van der Waals surface area (Å²) < 4.78 is 0. The average Bonchev–Trinajstić information content (AvgIpc) is 2.60. The van der Waals surface area contributed by atoms with E-state index in [-0.39, 0.29) is 0 Å². The van der Waals surface area contributed by atoms with Gasteiger partial charge in [-0.15, -0.1) is 0 Å². The number of anilines is 2. The summed E-state index contributed by atoms with van der Waals surface area (Å²) in [6, 6.07) is 17.3. The molecule has 3 nitrogen and oxygen atoms in total. The van der Waals surface area contributed by atoms with Crippen molar-refractivity contribution >= 4 is 22.3 Å². The maximum Gasteiger partial charge on any atom is 0.136 e. The molecule has 3 rings (SSSR count). The largest absolute Gasteiger partial charge is 0.376 e. The lowest BCUT2D eigenvalue weighted by molar-refractivity contribution is 0.903. The van der Waals surface area contributed by atoms with Gasteiger partial charge in [0.15, 0.2) is 0 Å². The van der Waals surface area contributed by atoms with Crippen molar-refractivity contribution in [3.05, 3.63) is 65.9 Å². The van der Waals surface area contributed by atoms with Gasteiger partial charge in [-0.1, -0.05) is 49.4 Å². The van der Waals surface area contributed by atoms with Crippen molar-refractivity contribution in [2.75, 3.05) is 30.9 Å². The molecule has 0 saturated heterocycles. The number of hydrogen-bond acceptors (Lipinski definition) is 3. The molecule has 124 valence electrons. The molecule has 3 aromatic rings. The third kappa shape index (κ3) is 3.21. The Morgan fingerprint density at radius 1 is 0.875 bits per heavy atom. The quantitative estimate of drug-likeness (QED) is 0.690. The first-order valence-corrected chi connectivity index (χ1v) is 8.44. The van der Waals surface area contributed by atoms with Crippen LogP contribution in [0.25, 0.3) is 10.8 Å². The van der Waals surface area contributed by atoms with Gasteiger partial charge in [-0.05, 0) is 23.6 Å². The van der Waals surface area contributed by atoms with Gasteiger partial charge >= 0.3 is 0 Å². The van der Waals surface area contributed by atoms with E-state index in [2.05, 4.69) is 86.4 Å². The van der Waals surface area contributed by atoms with Crippen LogP contribution in [-0.2, 0) is 13.0 Å². The number of aryl methyl sites for hydroxylation is 1. The van der Waals surface area contributed by atoms with Gasteiger partial charge in [-0.2, -0.15) is 0 Å². The zero-order valence-corrected chi connectivity index (χ0v) is 15.0. The topological polar surface area (TPSA) is 19.4 Å². The molecule has 0 saturated carbocycles. The Balaban J connectivity index is 2.08. The predicted molar refractivity (Wildman–Crippen MR) is 104 cm³/mol. The molecule has 24 heavy (non-hydrogen) atoms. The normalized spacial score (nSPS) is 10.8. The number of nitrogens with zero attached hydrogens (tertiary/aromatic N) is 3. The highest BCUT2D eigenvalue weighted by Crippen LogP contribution is 2.32. The van der Waals surface area contributed by atoms with Crippen LogP contribution in [0.3, 0.4) is 0 Å². The van der Waals surface area contributed by atoms with Crippen molar-refractivity contribution in [3.8, 4) is 0 Å². The molecule has 0 N–H and O–H groups in total. The van der Waals surface area contributed by atoms with Gasteiger partial charge in [0.25, 0.3) is 0 Å². The fourth-order valence-electron chi connectivity index (χ4n) is 3.07. The minimum absolute atomic E-state index is 0.848. The molecule has 0 atom stereocenters. The second-order valence-electron chi connectivity index (χ2n) is 6.44. The standard InChI is InChI=1S/C21H25N3/c1-5-16-11-12-18-19(13-16)21(22-14-20(18)23(2)3)24(4)15-17-9-7-6-8-10-17/h6-14H,5,15H2,1-4H3. The van der Waals surface area contributed by atoms with Gasteiger partial charge < -0.3 is 9.80 Å². The van der Waals surface area contributed by atoms with Crippen molar-refractivity contribution < 1.29 is 0 Å². The Morgan fingerprint density at radius 2 is 1.62 bits per heavy atom. The highest BCUT2D eigenvalue weighted by Gasteiger charge is 2.13. The SMILES string of the molecule is CCc1ccc2c(N(C)C)cnc(N(C)Cc3ccccc3)c2c1. The van der Waals surface area contributed by atoms with E-state index in [9.17, 15) is 0 Å². The molecule has 0 spiro atoms. The van der Waals surface area contributed by atoms with E-state index in [0.717, 1.165) is 24.5 Å². The average molecular weight is 319 g/mol. The van der Waals surface area contributed by atoms with Crippen molar-refractivity contribution in [3.63, 3.8) is 0 Å². The predicted octanol–water partition coefficient (Wildman–Crippen LogP) is 4.50. The van der Waals surface area contributed by atoms with Crippen LogP contribution in [0.15, 0.2) is 54.7 Å². The van der Waals surface area contributed by atoms with E-state index in [0.29, 0.717) is 0 Å². The monoisotopic (exact) mass is 319 g/mol. The van der Waals surface area contributed by atoms with Gasteiger partial charge in [0.1, 0.15) is 5.82 Å². The fourth-order valence-corrected chi connectivity index (χ4v) is 3.07.